The van der Waals surface area contributed by atoms with Crippen LogP contribution < -0.4 is 10.6 Å². The molecule has 1 aromatic heterocycles. The number of nitrogens with one attached hydrogen (secondary N) is 2. The Bertz CT molecular complexity index is 554. The van der Waals surface area contributed by atoms with Crippen LogP contribution in [0.3, 0.4) is 0 Å². The lowest BCUT2D eigenvalue weighted by atomic mass is 9.81. The quantitative estimate of drug-likeness (QED) is 0.898. The smallest absolute Gasteiger partial charge is 0.323 e. The summed E-state index contributed by atoms with van der Waals surface area (Å²) in [4.78, 5) is 29.3. The van der Waals surface area contributed by atoms with Crippen LogP contribution in [0.25, 0.3) is 0 Å². The molecule has 3 rings (SSSR count). The Labute approximate surface area is 130 Å². The number of nitrogens with zero attached hydrogens (tertiary/aromatic N) is 2. The molecular weight excluding hydrogens is 280 g/mol. The molecule has 3 amide bonds. The van der Waals surface area contributed by atoms with Crippen LogP contribution in [0.1, 0.15) is 44.1 Å². The van der Waals surface area contributed by atoms with Gasteiger partial charge in [0.05, 0.1) is 0 Å². The lowest BCUT2D eigenvalue weighted by Crippen LogP contribution is -2.38. The summed E-state index contributed by atoms with van der Waals surface area (Å²) in [5, 5.41) is 5.67. The molecule has 1 atom stereocenters. The van der Waals surface area contributed by atoms with Gasteiger partial charge in [-0.25, -0.2) is 9.78 Å². The van der Waals surface area contributed by atoms with E-state index in [4.69, 9.17) is 0 Å². The maximum Gasteiger partial charge on any atom is 0.323 e. The molecule has 22 heavy (non-hydrogen) atoms. The van der Waals surface area contributed by atoms with Crippen LogP contribution in [0.2, 0.25) is 0 Å². The summed E-state index contributed by atoms with van der Waals surface area (Å²) >= 11 is 0. The highest BCUT2D eigenvalue weighted by atomic mass is 16.2. The first-order chi connectivity index (χ1) is 10.6. The first kappa shape index (κ1) is 14.8. The van der Waals surface area contributed by atoms with Crippen LogP contribution in [0.4, 0.5) is 10.6 Å². The van der Waals surface area contributed by atoms with Crippen molar-refractivity contribution in [3.8, 4) is 0 Å². The predicted octanol–water partition coefficient (Wildman–Crippen LogP) is 2.09. The van der Waals surface area contributed by atoms with E-state index < -0.39 is 0 Å². The van der Waals surface area contributed by atoms with Gasteiger partial charge in [-0.3, -0.25) is 10.1 Å². The second kappa shape index (κ2) is 6.34. The molecule has 1 unspecified atom stereocenters. The molecule has 1 saturated carbocycles. The standard InChI is InChI=1S/C16H22N4O2/c1-11(21)18-14-7-8-20(10-14)16(22)19-15-6-5-13(9-17-15)12-3-2-4-12/h5-6,9,12,14H,2-4,7-8,10H2,1H3,(H,18,21)(H,17,19,22). The Morgan fingerprint density at radius 2 is 2.09 bits per heavy atom. The van der Waals surface area contributed by atoms with Crippen LogP contribution in [-0.4, -0.2) is 41.0 Å². The van der Waals surface area contributed by atoms with Gasteiger partial charge in [0.1, 0.15) is 5.82 Å². The molecule has 1 aliphatic heterocycles. The minimum atomic E-state index is -0.156. The van der Waals surface area contributed by atoms with Gasteiger partial charge < -0.3 is 10.2 Å². The zero-order valence-electron chi connectivity index (χ0n) is 12.8. The van der Waals surface area contributed by atoms with Crippen LogP contribution in [0, 0.1) is 0 Å². The van der Waals surface area contributed by atoms with Gasteiger partial charge in [0.15, 0.2) is 0 Å². The molecule has 6 nitrogen and oxygen atoms in total. The minimum Gasteiger partial charge on any atom is -0.352 e. The summed E-state index contributed by atoms with van der Waals surface area (Å²) in [7, 11) is 0. The molecule has 1 saturated heterocycles. The lowest BCUT2D eigenvalue weighted by molar-refractivity contribution is -0.119. The number of hydrogen-bond acceptors (Lipinski definition) is 3. The van der Waals surface area contributed by atoms with Crippen molar-refractivity contribution in [2.45, 2.75) is 44.6 Å². The van der Waals surface area contributed by atoms with Crippen molar-refractivity contribution in [1.29, 1.82) is 0 Å². The highest BCUT2D eigenvalue weighted by Gasteiger charge is 2.27. The average Bonchev–Trinajstić information content (AvgIpc) is 2.86. The van der Waals surface area contributed by atoms with E-state index in [0.717, 1.165) is 6.42 Å². The number of hydrogen-bond donors (Lipinski definition) is 2. The van der Waals surface area contributed by atoms with Crippen molar-refractivity contribution >= 4 is 17.8 Å². The molecule has 2 heterocycles. The van der Waals surface area contributed by atoms with Crippen LogP contribution >= 0.6 is 0 Å². The third kappa shape index (κ3) is 3.37. The fourth-order valence-corrected chi connectivity index (χ4v) is 3.00. The number of carbonyl (C=O) groups is 2. The lowest BCUT2D eigenvalue weighted by Gasteiger charge is -2.25. The number of pyridine rings is 1. The summed E-state index contributed by atoms with van der Waals surface area (Å²) in [6.45, 7) is 2.69. The van der Waals surface area contributed by atoms with Crippen molar-refractivity contribution in [3.63, 3.8) is 0 Å². The number of likely N-dealkylation sites (tertiary alicyclic amines) is 1. The van der Waals surface area contributed by atoms with Gasteiger partial charge in [-0.1, -0.05) is 12.5 Å². The van der Waals surface area contributed by atoms with E-state index in [1.165, 1.54) is 31.7 Å². The molecule has 2 aliphatic rings. The van der Waals surface area contributed by atoms with Crippen molar-refractivity contribution in [2.75, 3.05) is 18.4 Å². The SMILES string of the molecule is CC(=O)NC1CCN(C(=O)Nc2ccc(C3CCC3)cn2)C1. The number of anilines is 1. The topological polar surface area (TPSA) is 74.3 Å². The summed E-state index contributed by atoms with van der Waals surface area (Å²) in [5.41, 5.74) is 1.26. The van der Waals surface area contributed by atoms with Crippen molar-refractivity contribution < 1.29 is 9.59 Å². The van der Waals surface area contributed by atoms with Crippen molar-refractivity contribution in [1.82, 2.24) is 15.2 Å². The minimum absolute atomic E-state index is 0.0530. The zero-order chi connectivity index (χ0) is 15.5. The van der Waals surface area contributed by atoms with Crippen molar-refractivity contribution in [3.05, 3.63) is 23.9 Å². The van der Waals surface area contributed by atoms with Gasteiger partial charge in [-0.15, -0.1) is 0 Å². The van der Waals surface area contributed by atoms with Gasteiger partial charge in [0, 0.05) is 32.3 Å². The summed E-state index contributed by atoms with van der Waals surface area (Å²) in [6, 6.07) is 3.82. The van der Waals surface area contributed by atoms with E-state index >= 15 is 0 Å². The molecule has 2 N–H and O–H groups in total. The van der Waals surface area contributed by atoms with E-state index in [-0.39, 0.29) is 18.0 Å². The predicted molar refractivity (Wildman–Crippen MR) is 83.6 cm³/mol. The number of carbonyl (C=O) groups excluding carboxylic acids is 2. The number of aromatic nitrogens is 1. The fourth-order valence-electron chi connectivity index (χ4n) is 3.00. The Morgan fingerprint density at radius 1 is 1.27 bits per heavy atom. The van der Waals surface area contributed by atoms with Gasteiger partial charge in [-0.05, 0) is 36.8 Å². The third-order valence-electron chi connectivity index (χ3n) is 4.48. The van der Waals surface area contributed by atoms with Gasteiger partial charge in [-0.2, -0.15) is 0 Å². The monoisotopic (exact) mass is 302 g/mol. The second-order valence-corrected chi connectivity index (χ2v) is 6.17. The highest BCUT2D eigenvalue weighted by molar-refractivity contribution is 5.88. The number of urea groups is 1. The summed E-state index contributed by atoms with van der Waals surface area (Å²) in [6.07, 6.45) is 6.44. The normalized spacial score (nSPS) is 21.3. The van der Waals surface area contributed by atoms with E-state index in [1.54, 1.807) is 4.90 Å². The molecule has 6 heteroatoms. The molecule has 0 bridgehead atoms. The second-order valence-electron chi connectivity index (χ2n) is 6.17. The van der Waals surface area contributed by atoms with Gasteiger partial charge in [0.2, 0.25) is 5.91 Å². The van der Waals surface area contributed by atoms with E-state index in [0.29, 0.717) is 24.8 Å². The Kier molecular flexibility index (Phi) is 4.27. The maximum atomic E-state index is 12.2. The Morgan fingerprint density at radius 3 is 2.68 bits per heavy atom. The molecule has 0 radical (unpaired) electrons. The molecule has 118 valence electrons. The molecule has 2 fully saturated rings. The van der Waals surface area contributed by atoms with Crippen molar-refractivity contribution in [2.24, 2.45) is 0 Å². The summed E-state index contributed by atoms with van der Waals surface area (Å²) < 4.78 is 0. The molecular formula is C16H22N4O2. The van der Waals surface area contributed by atoms with E-state index in [9.17, 15) is 9.59 Å². The average molecular weight is 302 g/mol. The first-order valence-corrected chi connectivity index (χ1v) is 7.91. The first-order valence-electron chi connectivity index (χ1n) is 7.91. The number of rotatable bonds is 3. The molecule has 1 aromatic rings. The van der Waals surface area contributed by atoms with Crippen LogP contribution in [0.5, 0.6) is 0 Å². The maximum absolute atomic E-state index is 12.2. The molecule has 0 spiro atoms. The summed E-state index contributed by atoms with van der Waals surface area (Å²) in [5.74, 6) is 1.17. The molecule has 0 aromatic carbocycles. The largest absolute Gasteiger partial charge is 0.352 e. The highest BCUT2D eigenvalue weighted by Crippen LogP contribution is 2.36. The zero-order valence-corrected chi connectivity index (χ0v) is 12.8. The Hall–Kier alpha value is -2.11. The van der Waals surface area contributed by atoms with Gasteiger partial charge >= 0.3 is 6.03 Å². The van der Waals surface area contributed by atoms with Crippen LogP contribution in [0.15, 0.2) is 18.3 Å². The molecule has 1 aliphatic carbocycles. The van der Waals surface area contributed by atoms with Crippen LogP contribution in [-0.2, 0) is 4.79 Å². The van der Waals surface area contributed by atoms with E-state index in [2.05, 4.69) is 21.7 Å². The van der Waals surface area contributed by atoms with Gasteiger partial charge in [0.25, 0.3) is 0 Å². The van der Waals surface area contributed by atoms with E-state index in [1.807, 2.05) is 12.3 Å². The number of amides is 3. The third-order valence-corrected chi connectivity index (χ3v) is 4.48. The Balaban J connectivity index is 1.52. The fraction of sp³-hybridized carbons (Fsp3) is 0.562.